The fraction of sp³-hybridized carbons (Fsp3) is 0.333. The summed E-state index contributed by atoms with van der Waals surface area (Å²) in [6.45, 7) is 8.41. The molecule has 1 amide bonds. The van der Waals surface area contributed by atoms with Crippen molar-refractivity contribution in [2.45, 2.75) is 33.1 Å². The van der Waals surface area contributed by atoms with Gasteiger partial charge in [-0.1, -0.05) is 32.9 Å². The van der Waals surface area contributed by atoms with Gasteiger partial charge in [-0.25, -0.2) is 5.43 Å². The molecule has 0 atom stereocenters. The Kier molecular flexibility index (Phi) is 5.55. The number of nitrogens with one attached hydrogen (secondary N) is 1. The van der Waals surface area contributed by atoms with E-state index in [-0.39, 0.29) is 17.9 Å². The average molecular weight is 330 g/mol. The fourth-order valence-corrected chi connectivity index (χ4v) is 2.70. The zero-order valence-corrected chi connectivity index (χ0v) is 14.7. The van der Waals surface area contributed by atoms with E-state index in [1.807, 2.05) is 42.6 Å². The van der Waals surface area contributed by atoms with Crippen LogP contribution in [0.5, 0.6) is 5.75 Å². The molecule has 0 bridgehead atoms. The molecule has 0 unspecified atom stereocenters. The van der Waals surface area contributed by atoms with Gasteiger partial charge in [0, 0.05) is 4.88 Å². The van der Waals surface area contributed by atoms with Crippen LogP contribution in [0, 0.1) is 6.92 Å². The van der Waals surface area contributed by atoms with Gasteiger partial charge in [-0.3, -0.25) is 4.79 Å². The molecular weight excluding hydrogens is 308 g/mol. The van der Waals surface area contributed by atoms with Crippen molar-refractivity contribution in [3.63, 3.8) is 0 Å². The number of benzene rings is 1. The van der Waals surface area contributed by atoms with Crippen LogP contribution in [0.1, 0.15) is 36.8 Å². The minimum Gasteiger partial charge on any atom is -0.484 e. The van der Waals surface area contributed by atoms with E-state index in [4.69, 9.17) is 4.74 Å². The molecule has 0 saturated heterocycles. The first kappa shape index (κ1) is 17.2. The second-order valence-electron chi connectivity index (χ2n) is 6.32. The number of ether oxygens (including phenoxy) is 1. The quantitative estimate of drug-likeness (QED) is 0.668. The Morgan fingerprint density at radius 1 is 1.26 bits per heavy atom. The van der Waals surface area contributed by atoms with Crippen LogP contribution in [-0.4, -0.2) is 18.7 Å². The van der Waals surface area contributed by atoms with E-state index in [9.17, 15) is 4.79 Å². The van der Waals surface area contributed by atoms with Crippen LogP contribution >= 0.6 is 11.3 Å². The molecule has 1 aromatic heterocycles. The van der Waals surface area contributed by atoms with Crippen molar-refractivity contribution in [1.82, 2.24) is 5.43 Å². The van der Waals surface area contributed by atoms with Gasteiger partial charge in [-0.05, 0) is 47.0 Å². The van der Waals surface area contributed by atoms with Gasteiger partial charge in [0.1, 0.15) is 5.75 Å². The topological polar surface area (TPSA) is 50.7 Å². The van der Waals surface area contributed by atoms with Gasteiger partial charge in [-0.15, -0.1) is 11.3 Å². The summed E-state index contributed by atoms with van der Waals surface area (Å²) in [6, 6.07) is 9.81. The summed E-state index contributed by atoms with van der Waals surface area (Å²) in [6.07, 6.45) is 1.65. The van der Waals surface area contributed by atoms with Gasteiger partial charge in [0.2, 0.25) is 0 Å². The molecule has 0 fully saturated rings. The highest BCUT2D eigenvalue weighted by atomic mass is 32.1. The van der Waals surface area contributed by atoms with Crippen LogP contribution < -0.4 is 10.2 Å². The largest absolute Gasteiger partial charge is 0.484 e. The van der Waals surface area contributed by atoms with E-state index < -0.39 is 0 Å². The molecule has 1 heterocycles. The lowest BCUT2D eigenvalue weighted by Crippen LogP contribution is -2.24. The molecule has 0 aliphatic carbocycles. The van der Waals surface area contributed by atoms with Crippen molar-refractivity contribution in [2.24, 2.45) is 5.10 Å². The molecule has 1 aromatic carbocycles. The number of carbonyl (C=O) groups is 1. The summed E-state index contributed by atoms with van der Waals surface area (Å²) in [5.74, 6) is 0.390. The molecule has 2 aromatic rings. The highest BCUT2D eigenvalue weighted by Gasteiger charge is 2.13. The van der Waals surface area contributed by atoms with Crippen molar-refractivity contribution in [3.8, 4) is 5.75 Å². The lowest BCUT2D eigenvalue weighted by Gasteiger charge is -2.19. The predicted octanol–water partition coefficient (Wildman–Crippen LogP) is 3.88. The molecule has 0 spiro atoms. The molecule has 4 nitrogen and oxygen atoms in total. The Morgan fingerprint density at radius 2 is 1.96 bits per heavy atom. The monoisotopic (exact) mass is 330 g/mol. The number of nitrogens with zero attached hydrogens (tertiary/aromatic N) is 1. The van der Waals surface area contributed by atoms with E-state index in [0.717, 1.165) is 10.4 Å². The molecule has 0 saturated carbocycles. The summed E-state index contributed by atoms with van der Waals surface area (Å²) in [4.78, 5) is 12.7. The lowest BCUT2D eigenvalue weighted by atomic mass is 9.87. The van der Waals surface area contributed by atoms with Crippen LogP contribution in [-0.2, 0) is 10.2 Å². The summed E-state index contributed by atoms with van der Waals surface area (Å²) in [5, 5.41) is 5.93. The smallest absolute Gasteiger partial charge is 0.277 e. The molecule has 0 radical (unpaired) electrons. The van der Waals surface area contributed by atoms with Crippen molar-refractivity contribution in [3.05, 3.63) is 51.7 Å². The Bertz CT molecular complexity index is 682. The zero-order valence-electron chi connectivity index (χ0n) is 13.9. The van der Waals surface area contributed by atoms with Crippen molar-refractivity contribution < 1.29 is 9.53 Å². The maximum atomic E-state index is 11.7. The van der Waals surface area contributed by atoms with Crippen LogP contribution in [0.4, 0.5) is 0 Å². The van der Waals surface area contributed by atoms with E-state index in [1.54, 1.807) is 17.6 Å². The third kappa shape index (κ3) is 5.21. The summed E-state index contributed by atoms with van der Waals surface area (Å²) in [7, 11) is 0. The molecular formula is C18H22N2O2S. The number of amides is 1. The van der Waals surface area contributed by atoms with Gasteiger partial charge in [0.15, 0.2) is 6.61 Å². The summed E-state index contributed by atoms with van der Waals surface area (Å²) < 4.78 is 5.46. The molecule has 1 N–H and O–H groups in total. The molecule has 0 aliphatic rings. The van der Waals surface area contributed by atoms with Gasteiger partial charge >= 0.3 is 0 Å². The number of hydrogen-bond acceptors (Lipinski definition) is 4. The normalized spacial score (nSPS) is 11.7. The SMILES string of the molecule is Cc1ccsc1/C=N\NC(=O)COc1ccc(C(C)(C)C)cc1. The van der Waals surface area contributed by atoms with E-state index in [2.05, 4.69) is 31.3 Å². The van der Waals surface area contributed by atoms with Crippen LogP contribution in [0.3, 0.4) is 0 Å². The number of carbonyl (C=O) groups excluding carboxylic acids is 1. The third-order valence-corrected chi connectivity index (χ3v) is 4.32. The van der Waals surface area contributed by atoms with Gasteiger partial charge < -0.3 is 4.74 Å². The number of rotatable bonds is 5. The number of thiophene rings is 1. The summed E-state index contributed by atoms with van der Waals surface area (Å²) >= 11 is 1.58. The van der Waals surface area contributed by atoms with Crippen molar-refractivity contribution in [1.29, 1.82) is 0 Å². The minimum absolute atomic E-state index is 0.0599. The molecule has 23 heavy (non-hydrogen) atoms. The van der Waals surface area contributed by atoms with Gasteiger partial charge in [0.25, 0.3) is 5.91 Å². The van der Waals surface area contributed by atoms with Gasteiger partial charge in [-0.2, -0.15) is 5.10 Å². The van der Waals surface area contributed by atoms with Crippen molar-refractivity contribution in [2.75, 3.05) is 6.61 Å². The first-order valence-corrected chi connectivity index (χ1v) is 8.33. The average Bonchev–Trinajstić information content (AvgIpc) is 2.90. The Morgan fingerprint density at radius 3 is 2.52 bits per heavy atom. The van der Waals surface area contributed by atoms with E-state index in [1.165, 1.54) is 5.56 Å². The van der Waals surface area contributed by atoms with Crippen LogP contribution in [0.25, 0.3) is 0 Å². The molecule has 5 heteroatoms. The molecule has 2 rings (SSSR count). The second-order valence-corrected chi connectivity index (χ2v) is 7.27. The van der Waals surface area contributed by atoms with Gasteiger partial charge in [0.05, 0.1) is 6.21 Å². The Hall–Kier alpha value is -2.14. The lowest BCUT2D eigenvalue weighted by molar-refractivity contribution is -0.123. The Labute approximate surface area is 141 Å². The maximum Gasteiger partial charge on any atom is 0.277 e. The first-order chi connectivity index (χ1) is 10.9. The number of aryl methyl sites for hydroxylation is 1. The second kappa shape index (κ2) is 7.42. The number of hydrazone groups is 1. The molecule has 122 valence electrons. The van der Waals surface area contributed by atoms with Crippen LogP contribution in [0.2, 0.25) is 0 Å². The number of hydrogen-bond donors (Lipinski definition) is 1. The van der Waals surface area contributed by atoms with Crippen LogP contribution in [0.15, 0.2) is 40.8 Å². The predicted molar refractivity (Wildman–Crippen MR) is 95.4 cm³/mol. The summed E-state index contributed by atoms with van der Waals surface area (Å²) in [5.41, 5.74) is 4.94. The highest BCUT2D eigenvalue weighted by molar-refractivity contribution is 7.11. The molecule has 0 aliphatic heterocycles. The maximum absolute atomic E-state index is 11.7. The fourth-order valence-electron chi connectivity index (χ4n) is 1.91. The first-order valence-electron chi connectivity index (χ1n) is 7.45. The third-order valence-electron chi connectivity index (χ3n) is 3.36. The minimum atomic E-state index is -0.282. The zero-order chi connectivity index (χ0) is 16.9. The highest BCUT2D eigenvalue weighted by Crippen LogP contribution is 2.24. The Balaban J connectivity index is 1.80. The standard InChI is InChI=1S/C18H22N2O2S/c1-13-9-10-23-16(13)11-19-20-17(21)12-22-15-7-5-14(6-8-15)18(2,3)4/h5-11H,12H2,1-4H3,(H,20,21)/b19-11-. The van der Waals surface area contributed by atoms with E-state index in [0.29, 0.717) is 5.75 Å². The van der Waals surface area contributed by atoms with E-state index >= 15 is 0 Å². The van der Waals surface area contributed by atoms with Crippen molar-refractivity contribution >= 4 is 23.5 Å².